The molecule has 0 radical (unpaired) electrons. The monoisotopic (exact) mass is 486 g/mol. The van der Waals surface area contributed by atoms with Crippen LogP contribution in [0.5, 0.6) is 0 Å². The first-order chi connectivity index (χ1) is 16.2. The van der Waals surface area contributed by atoms with Crippen molar-refractivity contribution in [2.75, 3.05) is 19.8 Å². The van der Waals surface area contributed by atoms with E-state index in [0.29, 0.717) is 19.8 Å². The highest BCUT2D eigenvalue weighted by Crippen LogP contribution is 2.29. The molecule has 0 unspecified atom stereocenters. The van der Waals surface area contributed by atoms with Gasteiger partial charge in [0.2, 0.25) is 0 Å². The maximum atomic E-state index is 11.5. The van der Waals surface area contributed by atoms with E-state index in [2.05, 4.69) is 52.6 Å². The van der Waals surface area contributed by atoms with Crippen molar-refractivity contribution in [3.63, 3.8) is 0 Å². The zero-order valence-electron chi connectivity index (χ0n) is 20.8. The zero-order valence-corrected chi connectivity index (χ0v) is 21.8. The quantitative estimate of drug-likeness (QED) is 0.111. The topological polar surface area (TPSA) is 78.9 Å². The minimum atomic E-state index is -2.18. The molecule has 1 rings (SSSR count). The molecule has 186 valence electrons. The van der Waals surface area contributed by atoms with Crippen LogP contribution in [-0.2, 0) is 28.6 Å². The highest BCUT2D eigenvalue weighted by atomic mass is 28.3. The molecular formula is C27H38O6Si. The molecule has 0 aliphatic heterocycles. The van der Waals surface area contributed by atoms with Crippen molar-refractivity contribution in [1.82, 2.24) is 0 Å². The van der Waals surface area contributed by atoms with Gasteiger partial charge in [-0.2, -0.15) is 0 Å². The molecule has 0 saturated carbocycles. The number of hydrogen-bond donors (Lipinski definition) is 0. The van der Waals surface area contributed by atoms with E-state index in [-0.39, 0.29) is 0 Å². The molecule has 0 spiro atoms. The van der Waals surface area contributed by atoms with Crippen LogP contribution in [0, 0.1) is 20.8 Å². The van der Waals surface area contributed by atoms with Crippen LogP contribution in [-0.4, -0.2) is 45.8 Å². The Kier molecular flexibility index (Phi) is 12.9. The Morgan fingerprint density at radius 3 is 1.32 bits per heavy atom. The fourth-order valence-corrected chi connectivity index (χ4v) is 10.5. The van der Waals surface area contributed by atoms with Crippen molar-refractivity contribution in [2.45, 2.75) is 58.2 Å². The Balaban J connectivity index is 3.21. The predicted molar refractivity (Wildman–Crippen MR) is 138 cm³/mol. The second-order valence-electron chi connectivity index (χ2n) is 8.48. The lowest BCUT2D eigenvalue weighted by Gasteiger charge is -2.36. The molecule has 34 heavy (non-hydrogen) atoms. The summed E-state index contributed by atoms with van der Waals surface area (Å²) >= 11 is 0. The van der Waals surface area contributed by atoms with E-state index >= 15 is 0 Å². The third-order valence-electron chi connectivity index (χ3n) is 5.84. The smallest absolute Gasteiger partial charge is 0.330 e. The Morgan fingerprint density at radius 2 is 1.03 bits per heavy atom. The SMILES string of the molecule is C=CC(=O)OCCC[Si](CCCOC(=O)C=C)(CCCOC(=O)C=C)c1c(C)cc(C)cc1C. The average molecular weight is 487 g/mol. The molecule has 0 amide bonds. The standard InChI is InChI=1S/C27H38O6Si/c1-7-24(28)31-13-10-16-34(17-11-14-32-25(29)8-2,18-12-15-33-26(30)9-3)27-22(5)19-21(4)20-23(27)6/h7-9,19-20H,1-3,10-18H2,4-6H3. The summed E-state index contributed by atoms with van der Waals surface area (Å²) in [5.74, 6) is -1.28. The van der Waals surface area contributed by atoms with Crippen LogP contribution < -0.4 is 5.19 Å². The summed E-state index contributed by atoms with van der Waals surface area (Å²) in [6.07, 6.45) is 5.66. The first-order valence-corrected chi connectivity index (χ1v) is 14.3. The lowest BCUT2D eigenvalue weighted by atomic mass is 10.1. The van der Waals surface area contributed by atoms with Crippen LogP contribution in [0.25, 0.3) is 0 Å². The summed E-state index contributed by atoms with van der Waals surface area (Å²) in [5, 5.41) is 1.39. The van der Waals surface area contributed by atoms with Gasteiger partial charge in [-0.15, -0.1) is 0 Å². The summed E-state index contributed by atoms with van der Waals surface area (Å²) in [6, 6.07) is 7.10. The number of aryl methyl sites for hydroxylation is 3. The van der Waals surface area contributed by atoms with Crippen LogP contribution in [0.2, 0.25) is 18.1 Å². The number of benzene rings is 1. The Morgan fingerprint density at radius 1 is 0.706 bits per heavy atom. The second kappa shape index (κ2) is 15.1. The van der Waals surface area contributed by atoms with Gasteiger partial charge in [0.1, 0.15) is 0 Å². The maximum Gasteiger partial charge on any atom is 0.330 e. The third-order valence-corrected chi connectivity index (χ3v) is 11.6. The summed E-state index contributed by atoms with van der Waals surface area (Å²) in [7, 11) is -2.18. The highest BCUT2D eigenvalue weighted by Gasteiger charge is 2.36. The number of carbonyl (C=O) groups is 3. The zero-order chi connectivity index (χ0) is 25.6. The van der Waals surface area contributed by atoms with Gasteiger partial charge in [0.25, 0.3) is 0 Å². The van der Waals surface area contributed by atoms with E-state index < -0.39 is 26.0 Å². The lowest BCUT2D eigenvalue weighted by Crippen LogP contribution is -2.50. The molecule has 0 saturated heterocycles. The van der Waals surface area contributed by atoms with E-state index in [4.69, 9.17) is 14.2 Å². The van der Waals surface area contributed by atoms with Crippen LogP contribution in [0.3, 0.4) is 0 Å². The van der Waals surface area contributed by atoms with Crippen molar-refractivity contribution in [3.8, 4) is 0 Å². The molecule has 0 aromatic heterocycles. The van der Waals surface area contributed by atoms with Crippen LogP contribution >= 0.6 is 0 Å². The van der Waals surface area contributed by atoms with Gasteiger partial charge in [0.05, 0.1) is 27.9 Å². The lowest BCUT2D eigenvalue weighted by molar-refractivity contribution is -0.138. The molecule has 6 nitrogen and oxygen atoms in total. The molecular weight excluding hydrogens is 448 g/mol. The van der Waals surface area contributed by atoms with Crippen LogP contribution in [0.1, 0.15) is 36.0 Å². The number of rotatable bonds is 16. The largest absolute Gasteiger partial charge is 0.463 e. The maximum absolute atomic E-state index is 11.5. The van der Waals surface area contributed by atoms with Crippen molar-refractivity contribution in [3.05, 3.63) is 66.8 Å². The van der Waals surface area contributed by atoms with E-state index in [9.17, 15) is 14.4 Å². The molecule has 0 fully saturated rings. The molecule has 0 atom stereocenters. The second-order valence-corrected chi connectivity index (χ2v) is 13.0. The number of hydrogen-bond acceptors (Lipinski definition) is 6. The first kappa shape index (κ1) is 29.1. The summed E-state index contributed by atoms with van der Waals surface area (Å²) < 4.78 is 15.7. The fourth-order valence-electron chi connectivity index (χ4n) is 4.69. The minimum absolute atomic E-state index is 0.320. The van der Waals surface area contributed by atoms with E-state index in [1.165, 1.54) is 40.1 Å². The van der Waals surface area contributed by atoms with E-state index in [0.717, 1.165) is 37.4 Å². The van der Waals surface area contributed by atoms with Crippen molar-refractivity contribution in [2.24, 2.45) is 0 Å². The number of esters is 3. The van der Waals surface area contributed by atoms with Gasteiger partial charge in [0.15, 0.2) is 0 Å². The van der Waals surface area contributed by atoms with E-state index in [1.807, 2.05) is 0 Å². The van der Waals surface area contributed by atoms with Gasteiger partial charge in [-0.05, 0) is 58.2 Å². The normalized spacial score (nSPS) is 10.8. The van der Waals surface area contributed by atoms with Crippen molar-refractivity contribution in [1.29, 1.82) is 0 Å². The van der Waals surface area contributed by atoms with Gasteiger partial charge < -0.3 is 14.2 Å². The van der Waals surface area contributed by atoms with Gasteiger partial charge in [0, 0.05) is 18.2 Å². The third kappa shape index (κ3) is 9.51. The highest BCUT2D eigenvalue weighted by molar-refractivity contribution is 6.92. The fraction of sp³-hybridized carbons (Fsp3) is 0.444. The summed E-state index contributed by atoms with van der Waals surface area (Å²) in [6.45, 7) is 17.7. The molecule has 0 aliphatic carbocycles. The number of ether oxygens (including phenoxy) is 3. The molecule has 0 bridgehead atoms. The van der Waals surface area contributed by atoms with E-state index in [1.54, 1.807) is 0 Å². The Labute approximate surface area is 204 Å². The molecule has 7 heteroatoms. The van der Waals surface area contributed by atoms with Gasteiger partial charge >= 0.3 is 17.9 Å². The van der Waals surface area contributed by atoms with Crippen LogP contribution in [0.4, 0.5) is 0 Å². The van der Waals surface area contributed by atoms with Gasteiger partial charge in [-0.3, -0.25) is 0 Å². The van der Waals surface area contributed by atoms with Gasteiger partial charge in [-0.25, -0.2) is 14.4 Å². The molecule has 1 aromatic carbocycles. The minimum Gasteiger partial charge on any atom is -0.463 e. The first-order valence-electron chi connectivity index (χ1n) is 11.6. The molecule has 0 N–H and O–H groups in total. The molecule has 0 heterocycles. The molecule has 0 aliphatic rings. The molecule has 1 aromatic rings. The summed E-state index contributed by atoms with van der Waals surface area (Å²) in [4.78, 5) is 34.5. The van der Waals surface area contributed by atoms with Crippen molar-refractivity contribution < 1.29 is 28.6 Å². The van der Waals surface area contributed by atoms with Crippen molar-refractivity contribution >= 4 is 31.2 Å². The number of carbonyl (C=O) groups excluding carboxylic acids is 3. The summed E-state index contributed by atoms with van der Waals surface area (Å²) in [5.41, 5.74) is 3.71. The average Bonchev–Trinajstić information content (AvgIpc) is 2.80. The Hall–Kier alpha value is -2.93. The predicted octanol–water partition coefficient (Wildman–Crippen LogP) is 4.63. The Bertz CT molecular complexity index is 797. The van der Waals surface area contributed by atoms with Crippen LogP contribution in [0.15, 0.2) is 50.1 Å². The van der Waals surface area contributed by atoms with Gasteiger partial charge in [-0.1, -0.05) is 53.7 Å².